The average molecular weight is 530 g/mol. The highest BCUT2D eigenvalue weighted by molar-refractivity contribution is 9.10. The number of sulfonamides is 2. The van der Waals surface area contributed by atoms with Crippen LogP contribution in [-0.2, 0) is 24.8 Å². The maximum absolute atomic E-state index is 13.0. The van der Waals surface area contributed by atoms with Gasteiger partial charge in [0, 0.05) is 23.2 Å². The van der Waals surface area contributed by atoms with Gasteiger partial charge in [-0.15, -0.1) is 0 Å². The van der Waals surface area contributed by atoms with Crippen LogP contribution < -0.4 is 10.0 Å². The largest absolute Gasteiger partial charge is 0.326 e. The minimum atomic E-state index is -3.71. The molecule has 1 unspecified atom stereocenters. The molecular formula is C20H24BrN3O5S2. The number of aryl methyl sites for hydroxylation is 1. The second-order valence-corrected chi connectivity index (χ2v) is 12.1. The van der Waals surface area contributed by atoms with Gasteiger partial charge in [0.05, 0.1) is 15.7 Å². The van der Waals surface area contributed by atoms with Crippen LogP contribution in [0.3, 0.4) is 0 Å². The Labute approximate surface area is 191 Å². The maximum atomic E-state index is 13.0. The van der Waals surface area contributed by atoms with E-state index in [-0.39, 0.29) is 22.2 Å². The molecule has 0 aromatic heterocycles. The number of piperidine rings is 1. The van der Waals surface area contributed by atoms with Crippen molar-refractivity contribution >= 4 is 47.6 Å². The third kappa shape index (κ3) is 5.35. The fraction of sp³-hybridized carbons (Fsp3) is 0.350. The molecule has 2 aromatic carbocycles. The van der Waals surface area contributed by atoms with E-state index in [0.29, 0.717) is 30.6 Å². The summed E-state index contributed by atoms with van der Waals surface area (Å²) in [5.41, 5.74) is 1.09. The molecular weight excluding hydrogens is 506 g/mol. The first-order valence-corrected chi connectivity index (χ1v) is 13.4. The molecule has 168 valence electrons. The van der Waals surface area contributed by atoms with E-state index in [1.54, 1.807) is 25.1 Å². The van der Waals surface area contributed by atoms with Gasteiger partial charge in [0.1, 0.15) is 0 Å². The second kappa shape index (κ2) is 9.37. The summed E-state index contributed by atoms with van der Waals surface area (Å²) in [6.45, 7) is 2.17. The van der Waals surface area contributed by atoms with Crippen molar-refractivity contribution in [3.8, 4) is 0 Å². The predicted molar refractivity (Wildman–Crippen MR) is 122 cm³/mol. The molecule has 31 heavy (non-hydrogen) atoms. The zero-order valence-electron chi connectivity index (χ0n) is 17.1. The highest BCUT2D eigenvalue weighted by Crippen LogP contribution is 2.27. The molecule has 2 N–H and O–H groups in total. The number of carbonyl (C=O) groups is 1. The molecule has 0 aliphatic carbocycles. The van der Waals surface area contributed by atoms with Crippen LogP contribution in [0.25, 0.3) is 0 Å². The first kappa shape index (κ1) is 23.9. The lowest BCUT2D eigenvalue weighted by molar-refractivity contribution is -0.120. The monoisotopic (exact) mass is 529 g/mol. The van der Waals surface area contributed by atoms with Gasteiger partial charge in [-0.1, -0.05) is 22.0 Å². The van der Waals surface area contributed by atoms with Gasteiger partial charge in [-0.25, -0.2) is 21.6 Å². The Hall–Kier alpha value is -1.79. The Morgan fingerprint density at radius 2 is 1.71 bits per heavy atom. The third-order valence-electron chi connectivity index (χ3n) is 5.25. The van der Waals surface area contributed by atoms with Crippen molar-refractivity contribution in [1.82, 2.24) is 9.03 Å². The van der Waals surface area contributed by atoms with Gasteiger partial charge in [-0.2, -0.15) is 4.31 Å². The van der Waals surface area contributed by atoms with Crippen molar-refractivity contribution in [2.45, 2.75) is 29.6 Å². The van der Waals surface area contributed by atoms with Gasteiger partial charge in [-0.05, 0) is 68.8 Å². The Balaban J connectivity index is 1.77. The van der Waals surface area contributed by atoms with Crippen molar-refractivity contribution in [1.29, 1.82) is 0 Å². The van der Waals surface area contributed by atoms with E-state index < -0.39 is 26.0 Å². The summed E-state index contributed by atoms with van der Waals surface area (Å²) in [5.74, 6) is -0.874. The zero-order chi connectivity index (χ0) is 22.8. The van der Waals surface area contributed by atoms with Crippen molar-refractivity contribution in [3.63, 3.8) is 0 Å². The van der Waals surface area contributed by atoms with E-state index in [9.17, 15) is 21.6 Å². The van der Waals surface area contributed by atoms with E-state index in [1.165, 1.54) is 35.6 Å². The molecule has 1 amide bonds. The van der Waals surface area contributed by atoms with Crippen LogP contribution in [0.5, 0.6) is 0 Å². The number of halogens is 1. The molecule has 0 saturated carbocycles. The number of rotatable bonds is 6. The number of hydrogen-bond donors (Lipinski definition) is 2. The number of benzene rings is 2. The van der Waals surface area contributed by atoms with Crippen molar-refractivity contribution in [2.24, 2.45) is 5.92 Å². The summed E-state index contributed by atoms with van der Waals surface area (Å²) in [6.07, 6.45) is 1.10. The highest BCUT2D eigenvalue weighted by Gasteiger charge is 2.33. The number of carbonyl (C=O) groups excluding carboxylic acids is 1. The minimum Gasteiger partial charge on any atom is -0.326 e. The topological polar surface area (TPSA) is 113 Å². The Morgan fingerprint density at radius 1 is 1.06 bits per heavy atom. The molecule has 0 bridgehead atoms. The number of nitrogens with zero attached hydrogens (tertiary/aromatic N) is 1. The van der Waals surface area contributed by atoms with E-state index in [4.69, 9.17) is 0 Å². The maximum Gasteiger partial charge on any atom is 0.243 e. The molecule has 1 heterocycles. The molecule has 0 radical (unpaired) electrons. The van der Waals surface area contributed by atoms with Crippen LogP contribution in [0.2, 0.25) is 0 Å². The summed E-state index contributed by atoms with van der Waals surface area (Å²) in [6, 6.07) is 10.9. The highest BCUT2D eigenvalue weighted by atomic mass is 79.9. The standard InChI is InChI=1S/C20H24BrN3O5S2/c1-14-5-8-18(30(26,27)22-2)12-19(14)23-20(25)15-4-3-11-24(13-15)31(28,29)17-9-6-16(21)7-10-17/h5-10,12,15,22H,3-4,11,13H2,1-2H3,(H,23,25). The van der Waals surface area contributed by atoms with E-state index in [1.807, 2.05) is 0 Å². The SMILES string of the molecule is CNS(=O)(=O)c1ccc(C)c(NC(=O)C2CCCN(S(=O)(=O)c3ccc(Br)cc3)C2)c1. The van der Waals surface area contributed by atoms with E-state index in [2.05, 4.69) is 26.0 Å². The second-order valence-electron chi connectivity index (χ2n) is 7.33. The van der Waals surface area contributed by atoms with Gasteiger partial charge >= 0.3 is 0 Å². The first-order chi connectivity index (χ1) is 14.5. The fourth-order valence-electron chi connectivity index (χ4n) is 3.39. The van der Waals surface area contributed by atoms with Crippen LogP contribution in [0.15, 0.2) is 56.7 Å². The summed E-state index contributed by atoms with van der Waals surface area (Å²) >= 11 is 3.29. The fourth-order valence-corrected chi connectivity index (χ4v) is 5.93. The molecule has 0 spiro atoms. The van der Waals surface area contributed by atoms with Crippen LogP contribution in [0, 0.1) is 12.8 Å². The lowest BCUT2D eigenvalue weighted by Crippen LogP contribution is -2.43. The lowest BCUT2D eigenvalue weighted by atomic mass is 9.98. The van der Waals surface area contributed by atoms with Crippen LogP contribution >= 0.6 is 15.9 Å². The Morgan fingerprint density at radius 3 is 2.35 bits per heavy atom. The molecule has 1 saturated heterocycles. The van der Waals surface area contributed by atoms with Gasteiger partial charge in [0.25, 0.3) is 0 Å². The molecule has 11 heteroatoms. The lowest BCUT2D eigenvalue weighted by Gasteiger charge is -2.31. The van der Waals surface area contributed by atoms with Gasteiger partial charge in [0.2, 0.25) is 26.0 Å². The van der Waals surface area contributed by atoms with Gasteiger partial charge in [0.15, 0.2) is 0 Å². The summed E-state index contributed by atoms with van der Waals surface area (Å²) in [5, 5.41) is 2.78. The third-order valence-corrected chi connectivity index (χ3v) is 9.07. The van der Waals surface area contributed by atoms with Gasteiger partial charge < -0.3 is 5.32 Å². The summed E-state index contributed by atoms with van der Waals surface area (Å²) < 4.78 is 54.4. The van der Waals surface area contributed by atoms with Crippen molar-refractivity contribution in [3.05, 3.63) is 52.5 Å². The van der Waals surface area contributed by atoms with Crippen molar-refractivity contribution in [2.75, 3.05) is 25.5 Å². The predicted octanol–water partition coefficient (Wildman–Crippen LogP) is 2.71. The Kier molecular flexibility index (Phi) is 7.21. The first-order valence-electron chi connectivity index (χ1n) is 9.65. The molecule has 1 atom stereocenters. The normalized spacial score (nSPS) is 18.0. The number of anilines is 1. The van der Waals surface area contributed by atoms with Crippen molar-refractivity contribution < 1.29 is 21.6 Å². The number of hydrogen-bond acceptors (Lipinski definition) is 5. The molecule has 1 fully saturated rings. The van der Waals surface area contributed by atoms with E-state index in [0.717, 1.165) is 4.47 Å². The minimum absolute atomic E-state index is 0.0407. The summed E-state index contributed by atoms with van der Waals surface area (Å²) in [4.78, 5) is 13.1. The Bertz CT molecular complexity index is 1180. The number of amides is 1. The molecule has 2 aromatic rings. The number of nitrogens with one attached hydrogen (secondary N) is 2. The molecule has 1 aliphatic heterocycles. The molecule has 8 nitrogen and oxygen atoms in total. The summed E-state index contributed by atoms with van der Waals surface area (Å²) in [7, 11) is -6.05. The average Bonchev–Trinajstić information content (AvgIpc) is 2.75. The smallest absolute Gasteiger partial charge is 0.243 e. The van der Waals surface area contributed by atoms with Crippen LogP contribution in [0.4, 0.5) is 5.69 Å². The quantitative estimate of drug-likeness (QED) is 0.597. The zero-order valence-corrected chi connectivity index (χ0v) is 20.3. The molecule has 3 rings (SSSR count). The van der Waals surface area contributed by atoms with Crippen LogP contribution in [-0.4, -0.2) is 47.2 Å². The van der Waals surface area contributed by atoms with Gasteiger partial charge in [-0.3, -0.25) is 4.79 Å². The van der Waals surface area contributed by atoms with E-state index >= 15 is 0 Å². The van der Waals surface area contributed by atoms with Crippen LogP contribution in [0.1, 0.15) is 18.4 Å². The molecule has 1 aliphatic rings.